The monoisotopic (exact) mass is 305 g/mol. The molecule has 1 aliphatic heterocycles. The maximum atomic E-state index is 13.3. The van der Waals surface area contributed by atoms with Gasteiger partial charge in [0.1, 0.15) is 5.82 Å². The summed E-state index contributed by atoms with van der Waals surface area (Å²) < 4.78 is 51.2. The number of rotatable bonds is 3. The maximum Gasteiger partial charge on any atom is 0.416 e. The highest BCUT2D eigenvalue weighted by atomic mass is 19.4. The molecule has 0 spiro atoms. The molecule has 1 fully saturated rings. The predicted octanol–water partition coefficient (Wildman–Crippen LogP) is 3.00. The van der Waals surface area contributed by atoms with Gasteiger partial charge in [-0.05, 0) is 29.7 Å². The molecule has 1 heterocycles. The Labute approximate surface area is 119 Å². The van der Waals surface area contributed by atoms with Crippen LogP contribution < -0.4 is 0 Å². The molecule has 0 bridgehead atoms. The van der Waals surface area contributed by atoms with Crippen molar-refractivity contribution in [3.63, 3.8) is 0 Å². The van der Waals surface area contributed by atoms with Crippen molar-refractivity contribution in [3.05, 3.63) is 35.1 Å². The van der Waals surface area contributed by atoms with Gasteiger partial charge in [0.15, 0.2) is 0 Å². The summed E-state index contributed by atoms with van der Waals surface area (Å²) in [7, 11) is 0. The van der Waals surface area contributed by atoms with Gasteiger partial charge in [0.25, 0.3) is 0 Å². The minimum atomic E-state index is -4.60. The van der Waals surface area contributed by atoms with E-state index >= 15 is 0 Å². The number of benzene rings is 1. The second kappa shape index (κ2) is 5.63. The normalized spacial score (nSPS) is 23.5. The van der Waals surface area contributed by atoms with E-state index in [0.717, 1.165) is 12.1 Å². The van der Waals surface area contributed by atoms with Gasteiger partial charge in [-0.1, -0.05) is 6.92 Å². The van der Waals surface area contributed by atoms with Crippen molar-refractivity contribution in [1.82, 2.24) is 4.90 Å². The third kappa shape index (κ3) is 3.72. The van der Waals surface area contributed by atoms with Crippen molar-refractivity contribution in [2.24, 2.45) is 11.8 Å². The number of carbonyl (C=O) groups is 1. The maximum absolute atomic E-state index is 13.3. The van der Waals surface area contributed by atoms with Crippen molar-refractivity contribution in [1.29, 1.82) is 0 Å². The lowest BCUT2D eigenvalue weighted by Crippen LogP contribution is -2.23. The molecule has 1 aromatic rings. The number of nitrogens with zero attached hydrogens (tertiary/aromatic N) is 1. The smallest absolute Gasteiger partial charge is 0.416 e. The van der Waals surface area contributed by atoms with Gasteiger partial charge in [0, 0.05) is 19.6 Å². The molecule has 1 aliphatic rings. The molecule has 2 rings (SSSR count). The number of hydrogen-bond acceptors (Lipinski definition) is 2. The van der Waals surface area contributed by atoms with Gasteiger partial charge in [0.05, 0.1) is 11.5 Å². The van der Waals surface area contributed by atoms with Crippen LogP contribution in [0.2, 0.25) is 0 Å². The van der Waals surface area contributed by atoms with Gasteiger partial charge < -0.3 is 5.11 Å². The third-order valence-electron chi connectivity index (χ3n) is 3.70. The van der Waals surface area contributed by atoms with Gasteiger partial charge in [-0.25, -0.2) is 4.39 Å². The molecule has 1 aromatic carbocycles. The van der Waals surface area contributed by atoms with Crippen molar-refractivity contribution in [3.8, 4) is 0 Å². The first-order valence-electron chi connectivity index (χ1n) is 6.48. The molecule has 0 saturated carbocycles. The quantitative estimate of drug-likeness (QED) is 0.873. The lowest BCUT2D eigenvalue weighted by Gasteiger charge is -2.16. The summed E-state index contributed by atoms with van der Waals surface area (Å²) in [5.74, 6) is -2.49. The topological polar surface area (TPSA) is 40.5 Å². The Kier molecular flexibility index (Phi) is 4.22. The predicted molar refractivity (Wildman–Crippen MR) is 67.0 cm³/mol. The first-order valence-corrected chi connectivity index (χ1v) is 6.48. The zero-order valence-corrected chi connectivity index (χ0v) is 11.3. The number of carboxylic acids is 1. The second-order valence-corrected chi connectivity index (χ2v) is 5.46. The van der Waals surface area contributed by atoms with E-state index in [9.17, 15) is 22.4 Å². The number of aliphatic carboxylic acids is 1. The van der Waals surface area contributed by atoms with Crippen molar-refractivity contribution in [2.45, 2.75) is 19.6 Å². The highest BCUT2D eigenvalue weighted by Crippen LogP contribution is 2.31. The van der Waals surface area contributed by atoms with Crippen LogP contribution in [0.5, 0.6) is 0 Å². The fourth-order valence-electron chi connectivity index (χ4n) is 2.68. The minimum absolute atomic E-state index is 0.0851. The van der Waals surface area contributed by atoms with Gasteiger partial charge in [-0.3, -0.25) is 9.69 Å². The molecule has 0 aliphatic carbocycles. The van der Waals surface area contributed by atoms with E-state index in [-0.39, 0.29) is 24.6 Å². The zero-order valence-electron chi connectivity index (χ0n) is 11.3. The zero-order chi connectivity index (χ0) is 15.8. The lowest BCUT2D eigenvalue weighted by molar-refractivity contribution is -0.142. The van der Waals surface area contributed by atoms with E-state index in [2.05, 4.69) is 0 Å². The number of hydrogen-bond donors (Lipinski definition) is 1. The molecule has 0 aromatic heterocycles. The standard InChI is InChI=1S/C14H15F4NO2/c1-8-5-19(7-12(8)13(20)21)6-9-2-10(14(16,17)18)4-11(15)3-9/h2-4,8,12H,5-7H2,1H3,(H,20,21)/t8-,12-/m1/s1. The lowest BCUT2D eigenvalue weighted by atomic mass is 9.99. The fourth-order valence-corrected chi connectivity index (χ4v) is 2.68. The van der Waals surface area contributed by atoms with Crippen LogP contribution in [0.15, 0.2) is 18.2 Å². The van der Waals surface area contributed by atoms with E-state index < -0.39 is 29.4 Å². The van der Waals surface area contributed by atoms with E-state index in [0.29, 0.717) is 12.6 Å². The Bertz CT molecular complexity index is 544. The average Bonchev–Trinajstić information content (AvgIpc) is 2.68. The summed E-state index contributed by atoms with van der Waals surface area (Å²) in [6.45, 7) is 2.61. The van der Waals surface area contributed by atoms with E-state index in [1.54, 1.807) is 11.8 Å². The third-order valence-corrected chi connectivity index (χ3v) is 3.70. The number of likely N-dealkylation sites (tertiary alicyclic amines) is 1. The van der Waals surface area contributed by atoms with Gasteiger partial charge >= 0.3 is 12.1 Å². The minimum Gasteiger partial charge on any atom is -0.481 e. The van der Waals surface area contributed by atoms with E-state index in [1.165, 1.54) is 0 Å². The second-order valence-electron chi connectivity index (χ2n) is 5.46. The van der Waals surface area contributed by atoms with Gasteiger partial charge in [-0.15, -0.1) is 0 Å². The largest absolute Gasteiger partial charge is 0.481 e. The van der Waals surface area contributed by atoms with Crippen molar-refractivity contribution >= 4 is 5.97 Å². The molecule has 1 N–H and O–H groups in total. The fraction of sp³-hybridized carbons (Fsp3) is 0.500. The number of alkyl halides is 3. The van der Waals surface area contributed by atoms with Crippen LogP contribution in [0.4, 0.5) is 17.6 Å². The van der Waals surface area contributed by atoms with E-state index in [1.807, 2.05) is 0 Å². The molecule has 21 heavy (non-hydrogen) atoms. The Balaban J connectivity index is 2.14. The molecule has 7 heteroatoms. The van der Waals surface area contributed by atoms with Gasteiger partial charge in [0.2, 0.25) is 0 Å². The summed E-state index contributed by atoms with van der Waals surface area (Å²) in [5.41, 5.74) is -0.833. The Hall–Kier alpha value is -1.63. The molecule has 0 amide bonds. The van der Waals surface area contributed by atoms with Crippen LogP contribution in [0.3, 0.4) is 0 Å². The van der Waals surface area contributed by atoms with Crippen LogP contribution in [-0.4, -0.2) is 29.1 Å². The summed E-state index contributed by atoms with van der Waals surface area (Å²) in [6, 6.07) is 2.41. The molecule has 0 unspecified atom stereocenters. The summed E-state index contributed by atoms with van der Waals surface area (Å²) in [4.78, 5) is 12.7. The van der Waals surface area contributed by atoms with E-state index in [4.69, 9.17) is 5.11 Å². The average molecular weight is 305 g/mol. The van der Waals surface area contributed by atoms with Crippen LogP contribution in [-0.2, 0) is 17.5 Å². The molecule has 2 atom stereocenters. The molecule has 1 saturated heterocycles. The Morgan fingerprint density at radius 2 is 2.00 bits per heavy atom. The SMILES string of the molecule is C[C@@H]1CN(Cc2cc(F)cc(C(F)(F)F)c2)C[C@H]1C(=O)O. The number of halogens is 4. The highest BCUT2D eigenvalue weighted by Gasteiger charge is 2.35. The number of carboxylic acid groups (broad SMARTS) is 1. The Morgan fingerprint density at radius 3 is 2.52 bits per heavy atom. The molecule has 116 valence electrons. The van der Waals surface area contributed by atoms with Crippen LogP contribution >= 0.6 is 0 Å². The highest BCUT2D eigenvalue weighted by molar-refractivity contribution is 5.71. The first kappa shape index (κ1) is 15.8. The molecule has 3 nitrogen and oxygen atoms in total. The van der Waals surface area contributed by atoms with Crippen LogP contribution in [0, 0.1) is 17.7 Å². The van der Waals surface area contributed by atoms with Crippen LogP contribution in [0.1, 0.15) is 18.1 Å². The van der Waals surface area contributed by atoms with Crippen molar-refractivity contribution < 1.29 is 27.5 Å². The summed E-state index contributed by atoms with van der Waals surface area (Å²) in [5, 5.41) is 9.03. The first-order chi connectivity index (χ1) is 9.66. The van der Waals surface area contributed by atoms with Crippen molar-refractivity contribution in [2.75, 3.05) is 13.1 Å². The Morgan fingerprint density at radius 1 is 1.33 bits per heavy atom. The summed E-state index contributed by atoms with van der Waals surface area (Å²) in [6.07, 6.45) is -4.60. The van der Waals surface area contributed by atoms with Crippen LogP contribution in [0.25, 0.3) is 0 Å². The van der Waals surface area contributed by atoms with Gasteiger partial charge in [-0.2, -0.15) is 13.2 Å². The molecular formula is C14H15F4NO2. The molecular weight excluding hydrogens is 290 g/mol. The molecule has 0 radical (unpaired) electrons. The summed E-state index contributed by atoms with van der Waals surface area (Å²) >= 11 is 0.